The van der Waals surface area contributed by atoms with E-state index in [1.165, 1.54) is 10.4 Å². The summed E-state index contributed by atoms with van der Waals surface area (Å²) in [5, 5.41) is 0. The molecule has 0 N–H and O–H groups in total. The van der Waals surface area contributed by atoms with E-state index in [0.717, 1.165) is 25.7 Å². The Bertz CT molecular complexity index is 877. The van der Waals surface area contributed by atoms with Crippen LogP contribution >= 0.6 is 0 Å². The van der Waals surface area contributed by atoms with E-state index in [-0.39, 0.29) is 27.5 Å². The zero-order chi connectivity index (χ0) is 19.6. The molecule has 0 amide bonds. The van der Waals surface area contributed by atoms with Gasteiger partial charge in [-0.05, 0) is 26.7 Å². The Morgan fingerprint density at radius 3 is 1.93 bits per heavy atom. The molecular weight excluding hydrogens is 364 g/mol. The minimum absolute atomic E-state index is 0.0212. The molecule has 1 heterocycles. The Kier molecular flexibility index (Phi) is 5.81. The lowest BCUT2D eigenvalue weighted by atomic mass is 9.92. The first kappa shape index (κ1) is 19.8. The normalized spacial score (nSPS) is 19.0. The van der Waals surface area contributed by atoms with Gasteiger partial charge in [-0.3, -0.25) is 9.59 Å². The predicted octanol–water partition coefficient (Wildman–Crippen LogP) is 2.82. The number of carbonyl (C=O) groups is 2. The van der Waals surface area contributed by atoms with Crippen LogP contribution in [0.3, 0.4) is 0 Å². The maximum atomic E-state index is 13.5. The van der Waals surface area contributed by atoms with Gasteiger partial charge in [0, 0.05) is 37.3 Å². The molecule has 0 atom stereocenters. The maximum absolute atomic E-state index is 13.5. The molecule has 0 saturated carbocycles. The lowest BCUT2D eigenvalue weighted by Crippen LogP contribution is -2.41. The van der Waals surface area contributed by atoms with Gasteiger partial charge in [-0.15, -0.1) is 0 Å². The van der Waals surface area contributed by atoms with Gasteiger partial charge in [-0.25, -0.2) is 8.42 Å². The molecule has 7 heteroatoms. The fourth-order valence-electron chi connectivity index (χ4n) is 3.82. The molecule has 0 bridgehead atoms. The standard InChI is InChI=1S/C20H26N2O4S/c1-3-21(4-2)17-18(23)15-11-7-8-12-16(15)19(24)20(17)27(25,26)22-13-9-5-6-10-14-22/h7-8,11-12H,3-6,9-10,13-14H2,1-2H3. The summed E-state index contributed by atoms with van der Waals surface area (Å²) in [7, 11) is -4.05. The van der Waals surface area contributed by atoms with Crippen molar-refractivity contribution < 1.29 is 18.0 Å². The van der Waals surface area contributed by atoms with Crippen LogP contribution in [0.15, 0.2) is 34.9 Å². The molecule has 27 heavy (non-hydrogen) atoms. The Labute approximate surface area is 160 Å². The first-order chi connectivity index (χ1) is 12.9. The summed E-state index contributed by atoms with van der Waals surface area (Å²) < 4.78 is 28.3. The van der Waals surface area contributed by atoms with Gasteiger partial charge >= 0.3 is 0 Å². The van der Waals surface area contributed by atoms with Crippen molar-refractivity contribution in [2.24, 2.45) is 0 Å². The van der Waals surface area contributed by atoms with Crippen molar-refractivity contribution in [1.82, 2.24) is 9.21 Å². The van der Waals surface area contributed by atoms with Crippen molar-refractivity contribution in [2.45, 2.75) is 39.5 Å². The molecule has 0 spiro atoms. The maximum Gasteiger partial charge on any atom is 0.249 e. The summed E-state index contributed by atoms with van der Waals surface area (Å²) in [5.74, 6) is -0.960. The number of Topliss-reactive ketones (excluding diaryl/α,β-unsaturated/α-hetero) is 2. The van der Waals surface area contributed by atoms with E-state index in [2.05, 4.69) is 0 Å². The first-order valence-electron chi connectivity index (χ1n) is 9.61. The number of sulfonamides is 1. The van der Waals surface area contributed by atoms with E-state index in [1.807, 2.05) is 13.8 Å². The number of carbonyl (C=O) groups excluding carboxylic acids is 2. The minimum Gasteiger partial charge on any atom is -0.368 e. The third-order valence-corrected chi connectivity index (χ3v) is 7.23. The summed E-state index contributed by atoms with van der Waals surface area (Å²) in [4.78, 5) is 27.8. The van der Waals surface area contributed by atoms with Gasteiger partial charge < -0.3 is 4.90 Å². The van der Waals surface area contributed by atoms with Crippen LogP contribution in [0.25, 0.3) is 0 Å². The predicted molar refractivity (Wildman–Crippen MR) is 104 cm³/mol. The molecule has 3 rings (SSSR count). The Hall–Kier alpha value is -1.99. The number of nitrogens with zero attached hydrogens (tertiary/aromatic N) is 2. The second-order valence-corrected chi connectivity index (χ2v) is 8.75. The smallest absolute Gasteiger partial charge is 0.249 e. The van der Waals surface area contributed by atoms with E-state index in [9.17, 15) is 18.0 Å². The third kappa shape index (κ3) is 3.46. The largest absolute Gasteiger partial charge is 0.368 e. The van der Waals surface area contributed by atoms with Crippen LogP contribution in [0, 0.1) is 0 Å². The highest BCUT2D eigenvalue weighted by atomic mass is 32.2. The molecule has 146 valence electrons. The summed E-state index contributed by atoms with van der Waals surface area (Å²) in [5.41, 5.74) is 0.471. The van der Waals surface area contributed by atoms with Crippen molar-refractivity contribution in [2.75, 3.05) is 26.2 Å². The van der Waals surface area contributed by atoms with Crippen molar-refractivity contribution in [3.63, 3.8) is 0 Å². The summed E-state index contributed by atoms with van der Waals surface area (Å²) in [6.45, 7) is 5.38. The van der Waals surface area contributed by atoms with Crippen LogP contribution in [-0.4, -0.2) is 55.4 Å². The molecule has 0 aromatic heterocycles. The number of benzene rings is 1. The van der Waals surface area contributed by atoms with E-state index in [4.69, 9.17) is 0 Å². The average molecular weight is 391 g/mol. The second kappa shape index (κ2) is 7.94. The van der Waals surface area contributed by atoms with Crippen molar-refractivity contribution in [3.8, 4) is 0 Å². The van der Waals surface area contributed by atoms with Crippen molar-refractivity contribution in [3.05, 3.63) is 46.0 Å². The van der Waals surface area contributed by atoms with Gasteiger partial charge in [0.2, 0.25) is 21.6 Å². The molecule has 1 fully saturated rings. The Morgan fingerprint density at radius 1 is 0.889 bits per heavy atom. The number of allylic oxidation sites excluding steroid dienone is 2. The lowest BCUT2D eigenvalue weighted by molar-refractivity contribution is 0.0948. The lowest BCUT2D eigenvalue weighted by Gasteiger charge is -2.31. The zero-order valence-corrected chi connectivity index (χ0v) is 16.7. The third-order valence-electron chi connectivity index (χ3n) is 5.30. The number of likely N-dealkylation sites (N-methyl/N-ethyl adjacent to an activating group) is 1. The molecule has 6 nitrogen and oxygen atoms in total. The highest BCUT2D eigenvalue weighted by Gasteiger charge is 2.43. The van der Waals surface area contributed by atoms with E-state index < -0.39 is 15.8 Å². The van der Waals surface area contributed by atoms with Crippen LogP contribution in [0.1, 0.15) is 60.2 Å². The fraction of sp³-hybridized carbons (Fsp3) is 0.500. The molecule has 2 aliphatic rings. The highest BCUT2D eigenvalue weighted by molar-refractivity contribution is 7.94. The van der Waals surface area contributed by atoms with Gasteiger partial charge in [-0.2, -0.15) is 4.31 Å². The average Bonchev–Trinajstić information content (AvgIpc) is 2.96. The van der Waals surface area contributed by atoms with E-state index >= 15 is 0 Å². The summed E-state index contributed by atoms with van der Waals surface area (Å²) in [6.07, 6.45) is 3.49. The molecule has 1 aromatic rings. The quantitative estimate of drug-likeness (QED) is 0.773. The minimum atomic E-state index is -4.05. The second-order valence-electron chi connectivity index (χ2n) is 6.87. The molecule has 1 aromatic carbocycles. The van der Waals surface area contributed by atoms with Crippen molar-refractivity contribution >= 4 is 21.6 Å². The number of hydrogen-bond acceptors (Lipinski definition) is 5. The number of ketones is 2. The molecule has 0 radical (unpaired) electrons. The first-order valence-corrected chi connectivity index (χ1v) is 11.0. The number of rotatable bonds is 5. The molecular formula is C20H26N2O4S. The van der Waals surface area contributed by atoms with Crippen LogP contribution in [0.4, 0.5) is 0 Å². The zero-order valence-electron chi connectivity index (χ0n) is 15.9. The molecule has 0 unspecified atom stereocenters. The van der Waals surface area contributed by atoms with Crippen LogP contribution in [-0.2, 0) is 10.0 Å². The van der Waals surface area contributed by atoms with E-state index in [1.54, 1.807) is 23.1 Å². The van der Waals surface area contributed by atoms with Crippen LogP contribution in [0.5, 0.6) is 0 Å². The Balaban J connectivity index is 2.21. The highest BCUT2D eigenvalue weighted by Crippen LogP contribution is 2.33. The van der Waals surface area contributed by atoms with Gasteiger partial charge in [0.05, 0.1) is 0 Å². The molecule has 1 aliphatic carbocycles. The summed E-state index contributed by atoms with van der Waals surface area (Å²) >= 11 is 0. The number of fused-ring (bicyclic) bond motifs is 1. The molecule has 1 aliphatic heterocycles. The molecule has 1 saturated heterocycles. The fourth-order valence-corrected chi connectivity index (χ4v) is 5.62. The van der Waals surface area contributed by atoms with Crippen LogP contribution < -0.4 is 0 Å². The topological polar surface area (TPSA) is 74.8 Å². The van der Waals surface area contributed by atoms with Gasteiger partial charge in [0.1, 0.15) is 5.70 Å². The SMILES string of the molecule is CCN(CC)C1=C(S(=O)(=O)N2CCCCCC2)C(=O)c2ccccc2C1=O. The van der Waals surface area contributed by atoms with E-state index in [0.29, 0.717) is 26.2 Å². The van der Waals surface area contributed by atoms with Crippen molar-refractivity contribution in [1.29, 1.82) is 0 Å². The van der Waals surface area contributed by atoms with Gasteiger partial charge in [0.15, 0.2) is 4.91 Å². The Morgan fingerprint density at radius 2 is 1.41 bits per heavy atom. The summed E-state index contributed by atoms with van der Waals surface area (Å²) in [6, 6.07) is 6.47. The van der Waals surface area contributed by atoms with Gasteiger partial charge in [0.25, 0.3) is 0 Å². The van der Waals surface area contributed by atoms with Gasteiger partial charge in [-0.1, -0.05) is 37.1 Å². The van der Waals surface area contributed by atoms with Crippen LogP contribution in [0.2, 0.25) is 0 Å². The number of hydrogen-bond donors (Lipinski definition) is 0. The monoisotopic (exact) mass is 390 g/mol.